The zero-order chi connectivity index (χ0) is 14.3. The molecule has 0 aromatic heterocycles. The number of carboxylic acids is 1. The summed E-state index contributed by atoms with van der Waals surface area (Å²) in [5.41, 5.74) is 1.67. The van der Waals surface area contributed by atoms with Gasteiger partial charge in [-0.2, -0.15) is 0 Å². The van der Waals surface area contributed by atoms with E-state index < -0.39 is 12.0 Å². The molecule has 2 amide bonds. The normalized spacial score (nSPS) is 24.9. The molecule has 1 fully saturated rings. The number of carboxylic acid groups (broad SMARTS) is 1. The predicted molar refractivity (Wildman–Crippen MR) is 74.8 cm³/mol. The first-order chi connectivity index (χ1) is 9.59. The zero-order valence-corrected chi connectivity index (χ0v) is 11.5. The van der Waals surface area contributed by atoms with E-state index >= 15 is 0 Å². The average Bonchev–Trinajstić information content (AvgIpc) is 3.01. The molecule has 0 bridgehead atoms. The summed E-state index contributed by atoms with van der Waals surface area (Å²) in [6.07, 6.45) is 2.36. The van der Waals surface area contributed by atoms with Crippen LogP contribution in [-0.4, -0.2) is 40.6 Å². The molecule has 2 heterocycles. The zero-order valence-electron chi connectivity index (χ0n) is 11.5. The topological polar surface area (TPSA) is 60.9 Å². The third kappa shape index (κ3) is 1.94. The van der Waals surface area contributed by atoms with Gasteiger partial charge in [0.15, 0.2) is 0 Å². The van der Waals surface area contributed by atoms with E-state index in [4.69, 9.17) is 0 Å². The van der Waals surface area contributed by atoms with Gasteiger partial charge in [0.2, 0.25) is 0 Å². The second kappa shape index (κ2) is 4.81. The summed E-state index contributed by atoms with van der Waals surface area (Å²) in [5, 5.41) is 9.40. The van der Waals surface area contributed by atoms with Crippen LogP contribution < -0.4 is 4.90 Å². The Bertz CT molecular complexity index is 558. The minimum absolute atomic E-state index is 0.174. The second-order valence-corrected chi connectivity index (χ2v) is 5.52. The number of hydrogen-bond acceptors (Lipinski definition) is 2. The molecular formula is C15H18N2O3. The molecule has 3 rings (SSSR count). The fraction of sp³-hybridized carbons (Fsp3) is 0.467. The Morgan fingerprint density at radius 1 is 1.30 bits per heavy atom. The van der Waals surface area contributed by atoms with Crippen LogP contribution >= 0.6 is 0 Å². The smallest absolute Gasteiger partial charge is 0.327 e. The molecule has 2 aliphatic heterocycles. The summed E-state index contributed by atoms with van der Waals surface area (Å²) in [6, 6.07) is 6.67. The van der Waals surface area contributed by atoms with Gasteiger partial charge in [-0.05, 0) is 31.4 Å². The molecular weight excluding hydrogens is 256 g/mol. The van der Waals surface area contributed by atoms with Crippen LogP contribution in [0, 0.1) is 0 Å². The van der Waals surface area contributed by atoms with Crippen molar-refractivity contribution in [3.8, 4) is 0 Å². The molecule has 1 aromatic rings. The molecule has 1 saturated heterocycles. The highest BCUT2D eigenvalue weighted by atomic mass is 16.4. The maximum Gasteiger partial charge on any atom is 0.327 e. The van der Waals surface area contributed by atoms with Crippen molar-refractivity contribution >= 4 is 17.7 Å². The van der Waals surface area contributed by atoms with Crippen molar-refractivity contribution in [3.05, 3.63) is 29.8 Å². The number of aliphatic carboxylic acids is 1. The Hall–Kier alpha value is -2.04. The van der Waals surface area contributed by atoms with Gasteiger partial charge < -0.3 is 10.0 Å². The first kappa shape index (κ1) is 13.0. The monoisotopic (exact) mass is 274 g/mol. The lowest BCUT2D eigenvalue weighted by Crippen LogP contribution is -2.50. The van der Waals surface area contributed by atoms with Crippen molar-refractivity contribution < 1.29 is 14.7 Å². The van der Waals surface area contributed by atoms with E-state index in [9.17, 15) is 14.7 Å². The van der Waals surface area contributed by atoms with Gasteiger partial charge in [0.05, 0.1) is 0 Å². The van der Waals surface area contributed by atoms with Crippen LogP contribution in [0.25, 0.3) is 0 Å². The Kier molecular flexibility index (Phi) is 3.12. The van der Waals surface area contributed by atoms with Crippen LogP contribution in [0.2, 0.25) is 0 Å². The predicted octanol–water partition coefficient (Wildman–Crippen LogP) is 2.11. The maximum absolute atomic E-state index is 12.7. The number of carbonyl (C=O) groups is 2. The molecule has 1 aromatic carbocycles. The van der Waals surface area contributed by atoms with Gasteiger partial charge in [0, 0.05) is 24.7 Å². The van der Waals surface area contributed by atoms with Gasteiger partial charge in [-0.1, -0.05) is 18.2 Å². The molecule has 20 heavy (non-hydrogen) atoms. The maximum atomic E-state index is 12.7. The van der Waals surface area contributed by atoms with Gasteiger partial charge >= 0.3 is 12.0 Å². The molecule has 1 N–H and O–H groups in total. The fourth-order valence-corrected chi connectivity index (χ4v) is 3.18. The van der Waals surface area contributed by atoms with Crippen LogP contribution in [-0.2, 0) is 11.2 Å². The van der Waals surface area contributed by atoms with Crippen LogP contribution in [0.4, 0.5) is 10.5 Å². The number of amides is 2. The molecule has 5 heteroatoms. The number of fused-ring (bicyclic) bond motifs is 1. The largest absolute Gasteiger partial charge is 0.480 e. The Labute approximate surface area is 117 Å². The van der Waals surface area contributed by atoms with E-state index in [0.717, 1.165) is 24.1 Å². The molecule has 0 spiro atoms. The molecule has 106 valence electrons. The number of anilines is 1. The third-order valence-electron chi connectivity index (χ3n) is 4.27. The number of hydrogen-bond donors (Lipinski definition) is 1. The van der Waals surface area contributed by atoms with Gasteiger partial charge in [-0.25, -0.2) is 9.59 Å². The van der Waals surface area contributed by atoms with Crippen molar-refractivity contribution in [2.45, 2.75) is 38.3 Å². The number of rotatable bonds is 1. The molecule has 2 aliphatic rings. The molecule has 0 aliphatic carbocycles. The number of para-hydroxylation sites is 1. The summed E-state index contributed by atoms with van der Waals surface area (Å²) in [6.45, 7) is 2.73. The highest BCUT2D eigenvalue weighted by Crippen LogP contribution is 2.34. The van der Waals surface area contributed by atoms with Gasteiger partial charge in [0.25, 0.3) is 0 Å². The summed E-state index contributed by atoms with van der Waals surface area (Å²) in [5.74, 6) is -0.943. The number of carbonyl (C=O) groups excluding carboxylic acids is 1. The van der Waals surface area contributed by atoms with Gasteiger partial charge in [-0.3, -0.25) is 4.90 Å². The standard InChI is InChI=1S/C15H18N2O3/c1-10-5-4-8-16(10)15(20)17-12-7-3-2-6-11(12)9-13(17)14(18)19/h2-3,6-7,10,13H,4-5,8-9H2,1H3,(H,18,19)/t10?,13-/m0/s1. The SMILES string of the molecule is CC1CCCN1C(=O)N1c2ccccc2C[C@H]1C(=O)O. The Balaban J connectivity index is 1.96. The van der Waals surface area contributed by atoms with Crippen LogP contribution in [0.1, 0.15) is 25.3 Å². The highest BCUT2D eigenvalue weighted by Gasteiger charge is 2.41. The molecule has 0 radical (unpaired) electrons. The lowest BCUT2D eigenvalue weighted by Gasteiger charge is -2.30. The second-order valence-electron chi connectivity index (χ2n) is 5.52. The average molecular weight is 274 g/mol. The Morgan fingerprint density at radius 3 is 2.70 bits per heavy atom. The van der Waals surface area contributed by atoms with E-state index in [2.05, 4.69) is 0 Å². The van der Waals surface area contributed by atoms with Crippen molar-refractivity contribution in [3.63, 3.8) is 0 Å². The van der Waals surface area contributed by atoms with Gasteiger partial charge in [-0.15, -0.1) is 0 Å². The van der Waals surface area contributed by atoms with Crippen molar-refractivity contribution in [2.24, 2.45) is 0 Å². The summed E-state index contributed by atoms with van der Waals surface area (Å²) in [7, 11) is 0. The summed E-state index contributed by atoms with van der Waals surface area (Å²) >= 11 is 0. The van der Waals surface area contributed by atoms with E-state index in [1.807, 2.05) is 31.2 Å². The van der Waals surface area contributed by atoms with E-state index in [1.165, 1.54) is 4.90 Å². The molecule has 2 atom stereocenters. The lowest BCUT2D eigenvalue weighted by molar-refractivity contribution is -0.138. The van der Waals surface area contributed by atoms with Crippen molar-refractivity contribution in [2.75, 3.05) is 11.4 Å². The van der Waals surface area contributed by atoms with E-state index in [-0.39, 0.29) is 12.1 Å². The minimum Gasteiger partial charge on any atom is -0.480 e. The number of likely N-dealkylation sites (tertiary alicyclic amines) is 1. The lowest BCUT2D eigenvalue weighted by atomic mass is 10.1. The quantitative estimate of drug-likeness (QED) is 0.853. The number of nitrogens with zero attached hydrogens (tertiary/aromatic N) is 2. The first-order valence-electron chi connectivity index (χ1n) is 7.00. The fourth-order valence-electron chi connectivity index (χ4n) is 3.18. The number of benzene rings is 1. The molecule has 1 unspecified atom stereocenters. The third-order valence-corrected chi connectivity index (χ3v) is 4.27. The summed E-state index contributed by atoms with van der Waals surface area (Å²) in [4.78, 5) is 27.4. The van der Waals surface area contributed by atoms with Gasteiger partial charge in [0.1, 0.15) is 6.04 Å². The molecule has 5 nitrogen and oxygen atoms in total. The first-order valence-corrected chi connectivity index (χ1v) is 7.00. The van der Waals surface area contributed by atoms with Crippen LogP contribution in [0.3, 0.4) is 0 Å². The van der Waals surface area contributed by atoms with Crippen molar-refractivity contribution in [1.29, 1.82) is 0 Å². The van der Waals surface area contributed by atoms with Crippen LogP contribution in [0.15, 0.2) is 24.3 Å². The number of urea groups is 1. The highest BCUT2D eigenvalue weighted by molar-refractivity contribution is 6.01. The minimum atomic E-state index is -0.943. The van der Waals surface area contributed by atoms with E-state index in [0.29, 0.717) is 13.0 Å². The Morgan fingerprint density at radius 2 is 2.05 bits per heavy atom. The molecule has 0 saturated carbocycles. The van der Waals surface area contributed by atoms with E-state index in [1.54, 1.807) is 4.90 Å². The van der Waals surface area contributed by atoms with Crippen molar-refractivity contribution in [1.82, 2.24) is 4.90 Å². The van der Waals surface area contributed by atoms with Crippen LogP contribution in [0.5, 0.6) is 0 Å². The summed E-state index contributed by atoms with van der Waals surface area (Å²) < 4.78 is 0.